The van der Waals surface area contributed by atoms with Crippen LogP contribution in [0.5, 0.6) is 17.2 Å². The minimum Gasteiger partial charge on any atom is -0.507 e. The minimum absolute atomic E-state index is 0.0745. The second-order valence-electron chi connectivity index (χ2n) is 10.2. The van der Waals surface area contributed by atoms with Crippen LogP contribution in [0.15, 0.2) is 78.4 Å². The summed E-state index contributed by atoms with van der Waals surface area (Å²) in [6, 6.07) is 21.3. The lowest BCUT2D eigenvalue weighted by atomic mass is 9.93. The maximum atomic E-state index is 13.5. The van der Waals surface area contributed by atoms with Crippen molar-refractivity contribution >= 4 is 17.4 Å². The standard InChI is InChI=1S/C33H36N2O6/c1-3-40-26-13-14-28(23(2)21-26)31(36)29-30(24-9-7-12-27(22-24)41-25-10-5-4-6-11-25)35(33(38)32(29)37)16-8-15-34-17-19-39-20-18-34/h4-7,9-14,21-22,30,36H,3,8,15-20H2,1-2H3/b31-29-. The maximum Gasteiger partial charge on any atom is 0.295 e. The van der Waals surface area contributed by atoms with Crippen LogP contribution in [-0.2, 0) is 14.3 Å². The highest BCUT2D eigenvalue weighted by Crippen LogP contribution is 2.41. The number of amides is 1. The Hall–Kier alpha value is -4.14. The Morgan fingerprint density at radius 2 is 1.68 bits per heavy atom. The predicted octanol–water partition coefficient (Wildman–Crippen LogP) is 5.33. The number of ketones is 1. The fourth-order valence-corrected chi connectivity index (χ4v) is 5.42. The number of ether oxygens (including phenoxy) is 3. The van der Waals surface area contributed by atoms with Crippen molar-refractivity contribution in [1.82, 2.24) is 9.80 Å². The van der Waals surface area contributed by atoms with Gasteiger partial charge in [0.2, 0.25) is 0 Å². The molecule has 1 unspecified atom stereocenters. The lowest BCUT2D eigenvalue weighted by Gasteiger charge is -2.29. The SMILES string of the molecule is CCOc1ccc(/C(O)=C2/C(=O)C(=O)N(CCCN3CCOCC3)C2c2cccc(Oc3ccccc3)c2)c(C)c1. The van der Waals surface area contributed by atoms with Gasteiger partial charge >= 0.3 is 0 Å². The van der Waals surface area contributed by atoms with Crippen molar-refractivity contribution in [3.8, 4) is 17.2 Å². The van der Waals surface area contributed by atoms with Crippen LogP contribution in [0.2, 0.25) is 0 Å². The molecule has 8 nitrogen and oxygen atoms in total. The number of aryl methyl sites for hydroxylation is 1. The first kappa shape index (κ1) is 28.4. The number of benzene rings is 3. The molecule has 3 aromatic rings. The molecule has 41 heavy (non-hydrogen) atoms. The number of Topliss-reactive ketones (excluding diaryl/α,β-unsaturated/α-hetero) is 1. The lowest BCUT2D eigenvalue weighted by molar-refractivity contribution is -0.140. The van der Waals surface area contributed by atoms with Gasteiger partial charge in [-0.05, 0) is 73.9 Å². The van der Waals surface area contributed by atoms with Crippen LogP contribution < -0.4 is 9.47 Å². The second-order valence-corrected chi connectivity index (χ2v) is 10.2. The van der Waals surface area contributed by atoms with Crippen LogP contribution in [0.3, 0.4) is 0 Å². The Balaban J connectivity index is 1.51. The van der Waals surface area contributed by atoms with Crippen LogP contribution in [0.25, 0.3) is 5.76 Å². The summed E-state index contributed by atoms with van der Waals surface area (Å²) in [5, 5.41) is 11.6. The zero-order valence-corrected chi connectivity index (χ0v) is 23.5. The first-order chi connectivity index (χ1) is 20.0. The van der Waals surface area contributed by atoms with Crippen LogP contribution >= 0.6 is 0 Å². The van der Waals surface area contributed by atoms with Crippen LogP contribution in [0.1, 0.15) is 36.1 Å². The van der Waals surface area contributed by atoms with E-state index in [1.54, 1.807) is 17.0 Å². The molecule has 2 aliphatic rings. The van der Waals surface area contributed by atoms with Crippen molar-refractivity contribution in [2.24, 2.45) is 0 Å². The van der Waals surface area contributed by atoms with Gasteiger partial charge in [-0.15, -0.1) is 0 Å². The van der Waals surface area contributed by atoms with Gasteiger partial charge in [0.1, 0.15) is 23.0 Å². The molecular formula is C33H36N2O6. The Kier molecular flexibility index (Phi) is 9.01. The van der Waals surface area contributed by atoms with E-state index in [0.29, 0.717) is 61.2 Å². The molecule has 1 atom stereocenters. The average molecular weight is 557 g/mol. The third kappa shape index (κ3) is 6.45. The molecular weight excluding hydrogens is 520 g/mol. The number of carbonyl (C=O) groups excluding carboxylic acids is 2. The molecule has 0 radical (unpaired) electrons. The van der Waals surface area contributed by atoms with E-state index < -0.39 is 17.7 Å². The molecule has 0 aliphatic carbocycles. The predicted molar refractivity (Wildman–Crippen MR) is 156 cm³/mol. The van der Waals surface area contributed by atoms with E-state index in [1.807, 2.05) is 74.5 Å². The fourth-order valence-electron chi connectivity index (χ4n) is 5.42. The second kappa shape index (κ2) is 13.0. The van der Waals surface area contributed by atoms with Gasteiger partial charge in [0.05, 0.1) is 31.4 Å². The molecule has 0 aromatic heterocycles. The highest BCUT2D eigenvalue weighted by molar-refractivity contribution is 6.46. The molecule has 0 saturated carbocycles. The number of aliphatic hydroxyl groups excluding tert-OH is 1. The Morgan fingerprint density at radius 3 is 2.41 bits per heavy atom. The largest absolute Gasteiger partial charge is 0.507 e. The number of rotatable bonds is 10. The van der Waals surface area contributed by atoms with Crippen molar-refractivity contribution in [3.05, 3.63) is 95.1 Å². The van der Waals surface area contributed by atoms with Crippen LogP contribution in [-0.4, -0.2) is 72.6 Å². The number of hydrogen-bond acceptors (Lipinski definition) is 7. The van der Waals surface area contributed by atoms with Crippen LogP contribution in [0, 0.1) is 6.92 Å². The van der Waals surface area contributed by atoms with Gasteiger partial charge in [0, 0.05) is 31.7 Å². The van der Waals surface area contributed by atoms with E-state index in [0.717, 1.165) is 25.2 Å². The summed E-state index contributed by atoms with van der Waals surface area (Å²) < 4.78 is 17.1. The summed E-state index contributed by atoms with van der Waals surface area (Å²) in [7, 11) is 0. The fraction of sp³-hybridized carbons (Fsp3) is 0.333. The van der Waals surface area contributed by atoms with E-state index >= 15 is 0 Å². The molecule has 1 amide bonds. The molecule has 0 bridgehead atoms. The Morgan fingerprint density at radius 1 is 0.927 bits per heavy atom. The van der Waals surface area contributed by atoms with Gasteiger partial charge in [-0.1, -0.05) is 30.3 Å². The molecule has 8 heteroatoms. The van der Waals surface area contributed by atoms with E-state index in [-0.39, 0.29) is 11.3 Å². The zero-order valence-electron chi connectivity index (χ0n) is 23.5. The summed E-state index contributed by atoms with van der Waals surface area (Å²) >= 11 is 0. The number of para-hydroxylation sites is 1. The summed E-state index contributed by atoms with van der Waals surface area (Å²) in [5.41, 5.74) is 1.99. The van der Waals surface area contributed by atoms with Crippen LogP contribution in [0.4, 0.5) is 0 Å². The highest BCUT2D eigenvalue weighted by Gasteiger charge is 2.46. The van der Waals surface area contributed by atoms with Gasteiger partial charge in [-0.25, -0.2) is 0 Å². The van der Waals surface area contributed by atoms with Gasteiger partial charge in [0.15, 0.2) is 0 Å². The number of aliphatic hydroxyl groups is 1. The van der Waals surface area contributed by atoms with E-state index in [9.17, 15) is 14.7 Å². The smallest absolute Gasteiger partial charge is 0.295 e. The van der Waals surface area contributed by atoms with Crippen molar-refractivity contribution in [2.75, 3.05) is 46.0 Å². The molecule has 2 heterocycles. The lowest BCUT2D eigenvalue weighted by Crippen LogP contribution is -2.38. The number of carbonyl (C=O) groups is 2. The molecule has 5 rings (SSSR count). The highest BCUT2D eigenvalue weighted by atomic mass is 16.5. The topological polar surface area (TPSA) is 88.5 Å². The molecule has 1 N–H and O–H groups in total. The van der Waals surface area contributed by atoms with E-state index in [4.69, 9.17) is 14.2 Å². The first-order valence-corrected chi connectivity index (χ1v) is 14.1. The average Bonchev–Trinajstić information content (AvgIpc) is 3.23. The van der Waals surface area contributed by atoms with E-state index in [1.165, 1.54) is 0 Å². The van der Waals surface area contributed by atoms with E-state index in [2.05, 4.69) is 4.90 Å². The van der Waals surface area contributed by atoms with Crippen molar-refractivity contribution in [2.45, 2.75) is 26.3 Å². The van der Waals surface area contributed by atoms with Gasteiger partial charge < -0.3 is 24.2 Å². The molecule has 2 aliphatic heterocycles. The molecule has 2 saturated heterocycles. The van der Waals surface area contributed by atoms with Gasteiger partial charge in [-0.2, -0.15) is 0 Å². The van der Waals surface area contributed by atoms with Crippen molar-refractivity contribution < 1.29 is 28.9 Å². The Labute approximate surface area is 240 Å². The molecule has 214 valence electrons. The Bertz CT molecular complexity index is 1410. The van der Waals surface area contributed by atoms with Gasteiger partial charge in [-0.3, -0.25) is 14.5 Å². The summed E-state index contributed by atoms with van der Waals surface area (Å²) in [5.74, 6) is 0.420. The number of nitrogens with zero attached hydrogens (tertiary/aromatic N) is 2. The number of hydrogen-bond donors (Lipinski definition) is 1. The maximum absolute atomic E-state index is 13.5. The molecule has 2 fully saturated rings. The number of morpholine rings is 1. The van der Waals surface area contributed by atoms with Gasteiger partial charge in [0.25, 0.3) is 11.7 Å². The summed E-state index contributed by atoms with van der Waals surface area (Å²) in [4.78, 5) is 30.9. The normalized spacial score (nSPS) is 19.0. The zero-order chi connectivity index (χ0) is 28.8. The summed E-state index contributed by atoms with van der Waals surface area (Å²) in [6.07, 6.45) is 0.686. The first-order valence-electron chi connectivity index (χ1n) is 14.1. The minimum atomic E-state index is -0.759. The summed E-state index contributed by atoms with van der Waals surface area (Å²) in [6.45, 7) is 8.50. The third-order valence-electron chi connectivity index (χ3n) is 7.43. The van der Waals surface area contributed by atoms with Crippen molar-refractivity contribution in [3.63, 3.8) is 0 Å². The molecule has 3 aromatic carbocycles. The quantitative estimate of drug-likeness (QED) is 0.205. The third-order valence-corrected chi connectivity index (χ3v) is 7.43. The molecule has 0 spiro atoms. The number of likely N-dealkylation sites (tertiary alicyclic amines) is 1. The monoisotopic (exact) mass is 556 g/mol. The van der Waals surface area contributed by atoms with Crippen molar-refractivity contribution in [1.29, 1.82) is 0 Å².